The van der Waals surface area contributed by atoms with Crippen LogP contribution in [0.25, 0.3) is 0 Å². The van der Waals surface area contributed by atoms with Crippen molar-refractivity contribution in [1.82, 2.24) is 5.32 Å². The van der Waals surface area contributed by atoms with Gasteiger partial charge >= 0.3 is 0 Å². The minimum atomic E-state index is -0.146. The number of benzene rings is 1. The van der Waals surface area contributed by atoms with Gasteiger partial charge in [0, 0.05) is 18.8 Å². The van der Waals surface area contributed by atoms with Gasteiger partial charge in [0.05, 0.1) is 0 Å². The third-order valence-corrected chi connectivity index (χ3v) is 4.50. The smallest absolute Gasteiger partial charge is 0.125 e. The Morgan fingerprint density at radius 3 is 2.58 bits per heavy atom. The molecule has 1 aliphatic heterocycles. The maximum absolute atomic E-state index is 13.4. The molecule has 0 radical (unpaired) electrons. The summed E-state index contributed by atoms with van der Waals surface area (Å²) in [6.07, 6.45) is 3.63. The molecule has 1 aromatic carbocycles. The first-order chi connectivity index (χ1) is 9.19. The molecule has 0 amide bonds. The molecule has 3 heteroatoms. The Bertz CT molecular complexity index is 399. The zero-order valence-electron chi connectivity index (χ0n) is 12.1. The standard InChI is InChI=1S/C16H25FN2/c1-3-16(8-10-18-11-9-16)13-19(4-2)15-7-5-6-14(17)12-15/h5-7,12,18H,3-4,8-11,13H2,1-2H3. The predicted octanol–water partition coefficient (Wildman–Crippen LogP) is 3.43. The maximum atomic E-state index is 13.4. The minimum absolute atomic E-state index is 0.146. The van der Waals surface area contributed by atoms with Crippen molar-refractivity contribution in [1.29, 1.82) is 0 Å². The van der Waals surface area contributed by atoms with Gasteiger partial charge in [-0.25, -0.2) is 4.39 Å². The number of nitrogens with zero attached hydrogens (tertiary/aromatic N) is 1. The summed E-state index contributed by atoms with van der Waals surface area (Å²) in [6, 6.07) is 6.97. The highest BCUT2D eigenvalue weighted by atomic mass is 19.1. The number of rotatable bonds is 5. The van der Waals surface area contributed by atoms with E-state index in [1.807, 2.05) is 6.07 Å². The molecular formula is C16H25FN2. The molecule has 0 saturated carbocycles. The van der Waals surface area contributed by atoms with Gasteiger partial charge in [-0.05, 0) is 62.9 Å². The highest BCUT2D eigenvalue weighted by Gasteiger charge is 2.32. The van der Waals surface area contributed by atoms with Crippen LogP contribution in [0, 0.1) is 11.2 Å². The lowest BCUT2D eigenvalue weighted by Crippen LogP contribution is -2.44. The molecule has 1 saturated heterocycles. The van der Waals surface area contributed by atoms with Crippen molar-refractivity contribution in [2.24, 2.45) is 5.41 Å². The molecule has 0 unspecified atom stereocenters. The van der Waals surface area contributed by atoms with E-state index in [2.05, 4.69) is 24.1 Å². The Morgan fingerprint density at radius 1 is 1.26 bits per heavy atom. The van der Waals surface area contributed by atoms with E-state index >= 15 is 0 Å². The molecule has 2 rings (SSSR count). The Morgan fingerprint density at radius 2 is 2.00 bits per heavy atom. The van der Waals surface area contributed by atoms with Crippen LogP contribution in [0.1, 0.15) is 33.1 Å². The fraction of sp³-hybridized carbons (Fsp3) is 0.625. The summed E-state index contributed by atoms with van der Waals surface area (Å²) in [6.45, 7) is 8.60. The Balaban J connectivity index is 2.13. The van der Waals surface area contributed by atoms with E-state index in [0.717, 1.165) is 31.9 Å². The molecule has 0 aromatic heterocycles. The Kier molecular flexibility index (Phi) is 4.81. The van der Waals surface area contributed by atoms with Crippen LogP contribution in [0.3, 0.4) is 0 Å². The van der Waals surface area contributed by atoms with E-state index in [1.54, 1.807) is 12.1 Å². The predicted molar refractivity (Wildman–Crippen MR) is 79.1 cm³/mol. The van der Waals surface area contributed by atoms with Crippen LogP contribution in [0.5, 0.6) is 0 Å². The van der Waals surface area contributed by atoms with E-state index in [4.69, 9.17) is 0 Å². The van der Waals surface area contributed by atoms with Crippen molar-refractivity contribution >= 4 is 5.69 Å². The van der Waals surface area contributed by atoms with E-state index in [9.17, 15) is 4.39 Å². The highest BCUT2D eigenvalue weighted by molar-refractivity contribution is 5.46. The summed E-state index contributed by atoms with van der Waals surface area (Å²) < 4.78 is 13.4. The first-order valence-electron chi connectivity index (χ1n) is 7.40. The summed E-state index contributed by atoms with van der Waals surface area (Å²) in [7, 11) is 0. The van der Waals surface area contributed by atoms with E-state index < -0.39 is 0 Å². The fourth-order valence-electron chi connectivity index (χ4n) is 3.04. The van der Waals surface area contributed by atoms with Crippen LogP contribution in [0.4, 0.5) is 10.1 Å². The van der Waals surface area contributed by atoms with Gasteiger partial charge in [-0.3, -0.25) is 0 Å². The van der Waals surface area contributed by atoms with Gasteiger partial charge in [-0.1, -0.05) is 13.0 Å². The number of piperidine rings is 1. The average molecular weight is 264 g/mol. The van der Waals surface area contributed by atoms with Gasteiger partial charge in [0.2, 0.25) is 0 Å². The van der Waals surface area contributed by atoms with Crippen molar-refractivity contribution < 1.29 is 4.39 Å². The quantitative estimate of drug-likeness (QED) is 0.876. The minimum Gasteiger partial charge on any atom is -0.371 e. The number of anilines is 1. The van der Waals surface area contributed by atoms with Crippen LogP contribution in [0.2, 0.25) is 0 Å². The number of hydrogen-bond donors (Lipinski definition) is 1. The summed E-state index contributed by atoms with van der Waals surface area (Å²) in [5.41, 5.74) is 1.39. The lowest BCUT2D eigenvalue weighted by Gasteiger charge is -2.41. The van der Waals surface area contributed by atoms with E-state index in [1.165, 1.54) is 25.3 Å². The van der Waals surface area contributed by atoms with Gasteiger partial charge in [0.1, 0.15) is 5.82 Å². The zero-order chi connectivity index (χ0) is 13.7. The Labute approximate surface area is 116 Å². The van der Waals surface area contributed by atoms with E-state index in [-0.39, 0.29) is 5.82 Å². The van der Waals surface area contributed by atoms with E-state index in [0.29, 0.717) is 5.41 Å². The van der Waals surface area contributed by atoms with Crippen molar-refractivity contribution in [3.8, 4) is 0 Å². The Hall–Kier alpha value is -1.09. The molecular weight excluding hydrogens is 239 g/mol. The second-order valence-electron chi connectivity index (χ2n) is 5.60. The highest BCUT2D eigenvalue weighted by Crippen LogP contribution is 2.34. The SMILES string of the molecule is CCN(CC1(CC)CCNCC1)c1cccc(F)c1. The van der Waals surface area contributed by atoms with Crippen LogP contribution >= 0.6 is 0 Å². The maximum Gasteiger partial charge on any atom is 0.125 e. The van der Waals surface area contributed by atoms with Crippen LogP contribution in [-0.2, 0) is 0 Å². The largest absolute Gasteiger partial charge is 0.371 e. The molecule has 1 fully saturated rings. The molecule has 19 heavy (non-hydrogen) atoms. The first-order valence-corrected chi connectivity index (χ1v) is 7.40. The summed E-state index contributed by atoms with van der Waals surface area (Å²) in [5.74, 6) is -0.146. The van der Waals surface area contributed by atoms with Gasteiger partial charge < -0.3 is 10.2 Å². The third kappa shape index (κ3) is 3.47. The van der Waals surface area contributed by atoms with Crippen LogP contribution < -0.4 is 10.2 Å². The molecule has 2 nitrogen and oxygen atoms in total. The van der Waals surface area contributed by atoms with Gasteiger partial charge in [-0.15, -0.1) is 0 Å². The summed E-state index contributed by atoms with van der Waals surface area (Å²) >= 11 is 0. The molecule has 1 heterocycles. The second kappa shape index (κ2) is 6.38. The fourth-order valence-corrected chi connectivity index (χ4v) is 3.04. The van der Waals surface area contributed by atoms with Crippen molar-refractivity contribution in [3.05, 3.63) is 30.1 Å². The molecule has 106 valence electrons. The number of hydrogen-bond acceptors (Lipinski definition) is 2. The summed E-state index contributed by atoms with van der Waals surface area (Å²) in [5, 5.41) is 3.44. The zero-order valence-corrected chi connectivity index (χ0v) is 12.1. The first kappa shape index (κ1) is 14.3. The molecule has 0 bridgehead atoms. The average Bonchev–Trinajstić information content (AvgIpc) is 2.46. The van der Waals surface area contributed by atoms with Gasteiger partial charge in [0.15, 0.2) is 0 Å². The number of halogens is 1. The van der Waals surface area contributed by atoms with Gasteiger partial charge in [0.25, 0.3) is 0 Å². The lowest BCUT2D eigenvalue weighted by atomic mass is 9.76. The molecule has 1 N–H and O–H groups in total. The molecule has 1 aromatic rings. The monoisotopic (exact) mass is 264 g/mol. The molecule has 0 spiro atoms. The second-order valence-corrected chi connectivity index (χ2v) is 5.60. The van der Waals surface area contributed by atoms with Crippen molar-refractivity contribution in [2.45, 2.75) is 33.1 Å². The molecule has 0 atom stereocenters. The normalized spacial score (nSPS) is 18.3. The number of nitrogens with one attached hydrogen (secondary N) is 1. The molecule has 0 aliphatic carbocycles. The van der Waals surface area contributed by atoms with Crippen molar-refractivity contribution in [2.75, 3.05) is 31.1 Å². The lowest BCUT2D eigenvalue weighted by molar-refractivity contribution is 0.198. The molecule has 1 aliphatic rings. The van der Waals surface area contributed by atoms with Crippen LogP contribution in [-0.4, -0.2) is 26.2 Å². The summed E-state index contributed by atoms with van der Waals surface area (Å²) in [4.78, 5) is 2.32. The van der Waals surface area contributed by atoms with Crippen molar-refractivity contribution in [3.63, 3.8) is 0 Å². The van der Waals surface area contributed by atoms with Gasteiger partial charge in [-0.2, -0.15) is 0 Å². The topological polar surface area (TPSA) is 15.3 Å². The third-order valence-electron chi connectivity index (χ3n) is 4.50. The van der Waals surface area contributed by atoms with Crippen LogP contribution in [0.15, 0.2) is 24.3 Å².